The highest BCUT2D eigenvalue weighted by atomic mass is 79.9. The van der Waals surface area contributed by atoms with Crippen molar-refractivity contribution in [1.82, 2.24) is 4.57 Å². The number of aromatic hydroxyl groups is 2. The van der Waals surface area contributed by atoms with Gasteiger partial charge in [-0.25, -0.2) is 0 Å². The quantitative estimate of drug-likeness (QED) is 0.874. The van der Waals surface area contributed by atoms with Crippen molar-refractivity contribution < 1.29 is 10.2 Å². The lowest BCUT2D eigenvalue weighted by molar-refractivity contribution is 0.375. The van der Waals surface area contributed by atoms with Crippen LogP contribution in [0.25, 0.3) is 0 Å². The van der Waals surface area contributed by atoms with E-state index < -0.39 is 0 Å². The fraction of sp³-hybridized carbons (Fsp3) is 0.0909. The van der Waals surface area contributed by atoms with E-state index in [9.17, 15) is 10.2 Å². The van der Waals surface area contributed by atoms with Crippen LogP contribution >= 0.6 is 31.9 Å². The first-order valence-electron chi connectivity index (χ1n) is 4.60. The van der Waals surface area contributed by atoms with E-state index >= 15 is 0 Å². The van der Waals surface area contributed by atoms with E-state index in [0.717, 1.165) is 5.56 Å². The van der Waals surface area contributed by atoms with E-state index in [2.05, 4.69) is 31.9 Å². The molecule has 0 fully saturated rings. The van der Waals surface area contributed by atoms with Crippen LogP contribution in [0.15, 0.2) is 39.3 Å². The molecule has 0 aliphatic rings. The predicted molar refractivity (Wildman–Crippen MR) is 68.7 cm³/mol. The average Bonchev–Trinajstić information content (AvgIpc) is 2.48. The van der Waals surface area contributed by atoms with Crippen molar-refractivity contribution >= 4 is 31.9 Å². The molecule has 0 aliphatic heterocycles. The summed E-state index contributed by atoms with van der Waals surface area (Å²) < 4.78 is 2.34. The minimum absolute atomic E-state index is 0.00762. The summed E-state index contributed by atoms with van der Waals surface area (Å²) in [5.74, 6) is 0.0152. The first-order valence-corrected chi connectivity index (χ1v) is 6.19. The van der Waals surface area contributed by atoms with Crippen LogP contribution in [0, 0.1) is 0 Å². The first-order chi connectivity index (χ1) is 7.61. The Labute approximate surface area is 110 Å². The van der Waals surface area contributed by atoms with Crippen molar-refractivity contribution in [3.63, 3.8) is 0 Å². The highest BCUT2D eigenvalue weighted by molar-refractivity contribution is 9.13. The van der Waals surface area contributed by atoms with Crippen LogP contribution in [0.2, 0.25) is 0 Å². The van der Waals surface area contributed by atoms with Crippen LogP contribution in [0.3, 0.4) is 0 Å². The highest BCUT2D eigenvalue weighted by Crippen LogP contribution is 2.42. The van der Waals surface area contributed by atoms with Gasteiger partial charge >= 0.3 is 0 Å². The van der Waals surface area contributed by atoms with E-state index in [1.165, 1.54) is 4.57 Å². The van der Waals surface area contributed by atoms with Crippen molar-refractivity contribution in [2.24, 2.45) is 0 Å². The summed E-state index contributed by atoms with van der Waals surface area (Å²) in [6.45, 7) is 0.419. The number of rotatable bonds is 2. The van der Waals surface area contributed by atoms with E-state index in [0.29, 0.717) is 15.5 Å². The van der Waals surface area contributed by atoms with Crippen molar-refractivity contribution in [3.05, 3.63) is 44.8 Å². The monoisotopic (exact) mass is 345 g/mol. The molecule has 2 rings (SSSR count). The van der Waals surface area contributed by atoms with Gasteiger partial charge in [-0.3, -0.25) is 4.57 Å². The second kappa shape index (κ2) is 4.51. The molecule has 2 aromatic rings. The lowest BCUT2D eigenvalue weighted by atomic mass is 10.2. The standard InChI is InChI=1S/C11H9Br2NO2/c12-8-9(13)11(16)14(10(8)15)6-7-4-2-1-3-5-7/h1-5,15-16H,6H2. The SMILES string of the molecule is Oc1c(Br)c(Br)c(O)n1Cc1ccccc1. The van der Waals surface area contributed by atoms with Gasteiger partial charge < -0.3 is 10.2 Å². The van der Waals surface area contributed by atoms with Crippen molar-refractivity contribution in [2.75, 3.05) is 0 Å². The summed E-state index contributed by atoms with van der Waals surface area (Å²) in [6, 6.07) is 9.61. The summed E-state index contributed by atoms with van der Waals surface area (Å²) >= 11 is 6.37. The van der Waals surface area contributed by atoms with E-state index in [4.69, 9.17) is 0 Å². The van der Waals surface area contributed by atoms with Gasteiger partial charge in [-0.15, -0.1) is 0 Å². The van der Waals surface area contributed by atoms with Gasteiger partial charge in [-0.1, -0.05) is 30.3 Å². The largest absolute Gasteiger partial charge is 0.494 e. The number of halogens is 2. The molecule has 0 amide bonds. The molecule has 0 radical (unpaired) electrons. The molecule has 3 nitrogen and oxygen atoms in total. The third-order valence-electron chi connectivity index (χ3n) is 2.28. The molecule has 2 N–H and O–H groups in total. The Hall–Kier alpha value is -0.940. The first kappa shape index (κ1) is 11.5. The lowest BCUT2D eigenvalue weighted by Gasteiger charge is -2.06. The van der Waals surface area contributed by atoms with Crippen molar-refractivity contribution in [1.29, 1.82) is 0 Å². The van der Waals surface area contributed by atoms with Gasteiger partial charge in [0.1, 0.15) is 0 Å². The van der Waals surface area contributed by atoms with Gasteiger partial charge in [0.25, 0.3) is 0 Å². The van der Waals surface area contributed by atoms with Crippen LogP contribution in [-0.4, -0.2) is 14.8 Å². The molecule has 0 saturated heterocycles. The Bertz CT molecular complexity index is 483. The molecule has 0 saturated carbocycles. The molecule has 0 unspecified atom stereocenters. The molecule has 84 valence electrons. The zero-order chi connectivity index (χ0) is 11.7. The maximum absolute atomic E-state index is 9.79. The number of aromatic nitrogens is 1. The zero-order valence-corrected chi connectivity index (χ0v) is 11.4. The second-order valence-electron chi connectivity index (χ2n) is 3.35. The van der Waals surface area contributed by atoms with Crippen LogP contribution in [0.4, 0.5) is 0 Å². The zero-order valence-electron chi connectivity index (χ0n) is 8.19. The number of benzene rings is 1. The number of nitrogens with zero attached hydrogens (tertiary/aromatic N) is 1. The molecule has 0 aliphatic carbocycles. The predicted octanol–water partition coefficient (Wildman–Crippen LogP) is 3.47. The molecule has 0 atom stereocenters. The number of hydrogen-bond donors (Lipinski definition) is 2. The average molecular weight is 347 g/mol. The Balaban J connectivity index is 2.39. The van der Waals surface area contributed by atoms with E-state index in [1.54, 1.807) is 0 Å². The summed E-state index contributed by atoms with van der Waals surface area (Å²) in [5, 5.41) is 19.6. The van der Waals surface area contributed by atoms with Gasteiger partial charge in [-0.2, -0.15) is 0 Å². The van der Waals surface area contributed by atoms with E-state index in [-0.39, 0.29) is 11.8 Å². The third-order valence-corrected chi connectivity index (χ3v) is 4.31. The highest BCUT2D eigenvalue weighted by Gasteiger charge is 2.18. The molecular weight excluding hydrogens is 338 g/mol. The van der Waals surface area contributed by atoms with Gasteiger partial charge in [0, 0.05) is 0 Å². The Morgan fingerprint density at radius 3 is 1.94 bits per heavy atom. The minimum atomic E-state index is 0.00762. The lowest BCUT2D eigenvalue weighted by Crippen LogP contribution is -1.97. The van der Waals surface area contributed by atoms with Crippen LogP contribution in [-0.2, 0) is 6.54 Å². The van der Waals surface area contributed by atoms with Gasteiger partial charge in [0.05, 0.1) is 15.5 Å². The van der Waals surface area contributed by atoms with E-state index in [1.807, 2.05) is 30.3 Å². The molecule has 1 aromatic carbocycles. The molecule has 0 bridgehead atoms. The summed E-state index contributed by atoms with van der Waals surface area (Å²) in [5.41, 5.74) is 1.00. The Morgan fingerprint density at radius 1 is 0.938 bits per heavy atom. The molecule has 0 spiro atoms. The topological polar surface area (TPSA) is 45.4 Å². The van der Waals surface area contributed by atoms with Crippen molar-refractivity contribution in [3.8, 4) is 11.8 Å². The molecule has 16 heavy (non-hydrogen) atoms. The summed E-state index contributed by atoms with van der Waals surface area (Å²) in [4.78, 5) is 0. The minimum Gasteiger partial charge on any atom is -0.494 e. The molecule has 1 heterocycles. The Morgan fingerprint density at radius 2 is 1.44 bits per heavy atom. The smallest absolute Gasteiger partial charge is 0.210 e. The van der Waals surface area contributed by atoms with Gasteiger partial charge in [-0.05, 0) is 37.4 Å². The maximum Gasteiger partial charge on any atom is 0.210 e. The normalized spacial score (nSPS) is 10.6. The fourth-order valence-electron chi connectivity index (χ4n) is 1.45. The summed E-state index contributed by atoms with van der Waals surface area (Å²) in [7, 11) is 0. The fourth-order valence-corrected chi connectivity index (χ4v) is 2.23. The van der Waals surface area contributed by atoms with Gasteiger partial charge in [0.15, 0.2) is 0 Å². The van der Waals surface area contributed by atoms with Crippen LogP contribution in [0.1, 0.15) is 5.56 Å². The maximum atomic E-state index is 9.79. The Kier molecular flexibility index (Phi) is 3.25. The van der Waals surface area contributed by atoms with Crippen LogP contribution < -0.4 is 0 Å². The van der Waals surface area contributed by atoms with Gasteiger partial charge in [0.2, 0.25) is 11.8 Å². The number of hydrogen-bond acceptors (Lipinski definition) is 2. The molecule has 5 heteroatoms. The second-order valence-corrected chi connectivity index (χ2v) is 4.93. The van der Waals surface area contributed by atoms with Crippen LogP contribution in [0.5, 0.6) is 11.8 Å². The molecular formula is C11H9Br2NO2. The summed E-state index contributed by atoms with van der Waals surface area (Å²) in [6.07, 6.45) is 0. The molecule has 1 aromatic heterocycles. The third kappa shape index (κ3) is 1.97. The van der Waals surface area contributed by atoms with Crippen molar-refractivity contribution in [2.45, 2.75) is 6.54 Å².